The molecule has 13 aromatic rings. The van der Waals surface area contributed by atoms with Crippen molar-refractivity contribution in [1.29, 1.82) is 0 Å². The van der Waals surface area contributed by atoms with Crippen LogP contribution in [0.15, 0.2) is 191 Å². The molecule has 0 aliphatic carbocycles. The van der Waals surface area contributed by atoms with E-state index in [1.807, 2.05) is 0 Å². The first kappa shape index (κ1) is 30.0. The Morgan fingerprint density at radius 2 is 0.536 bits per heavy atom. The first-order chi connectivity index (χ1) is 27.7. The molecule has 0 saturated heterocycles. The average molecular weight is 711 g/mol. The van der Waals surface area contributed by atoms with E-state index in [-0.39, 0.29) is 0 Å². The normalized spacial score (nSPS) is 12.3. The van der Waals surface area contributed by atoms with E-state index in [0.29, 0.717) is 0 Å². The van der Waals surface area contributed by atoms with E-state index in [0.717, 1.165) is 43.9 Å². The van der Waals surface area contributed by atoms with Crippen LogP contribution in [0.4, 0.5) is 0 Å². The fourth-order valence-corrected chi connectivity index (χ4v) is 9.49. The van der Waals surface area contributed by atoms with Gasteiger partial charge in [0.25, 0.3) is 0 Å². The summed E-state index contributed by atoms with van der Waals surface area (Å²) in [5.74, 6) is 0. The Bertz CT molecular complexity index is 3510. The van der Waals surface area contributed by atoms with Crippen LogP contribution >= 0.6 is 0 Å². The van der Waals surface area contributed by atoms with Crippen molar-refractivity contribution >= 4 is 109 Å². The minimum absolute atomic E-state index is 0.899. The van der Waals surface area contributed by atoms with Crippen LogP contribution in [0.3, 0.4) is 0 Å². The molecule has 2 heteroatoms. The second-order valence-corrected chi connectivity index (χ2v) is 15.3. The van der Waals surface area contributed by atoms with Crippen LogP contribution < -0.4 is 0 Å². The molecule has 2 aromatic heterocycles. The van der Waals surface area contributed by atoms with E-state index < -0.39 is 0 Å². The molecule has 0 unspecified atom stereocenters. The molecule has 0 atom stereocenters. The van der Waals surface area contributed by atoms with Crippen molar-refractivity contribution in [3.05, 3.63) is 182 Å². The Labute approximate surface area is 320 Å². The van der Waals surface area contributed by atoms with Gasteiger partial charge in [-0.1, -0.05) is 109 Å². The molecular weight excluding hydrogens is 681 g/mol. The highest BCUT2D eigenvalue weighted by Crippen LogP contribution is 2.46. The zero-order valence-electron chi connectivity index (χ0n) is 30.1. The molecule has 0 radical (unpaired) electrons. The first-order valence-electron chi connectivity index (χ1n) is 19.2. The summed E-state index contributed by atoms with van der Waals surface area (Å²) in [5, 5.41) is 19.2. The molecule has 258 valence electrons. The van der Waals surface area contributed by atoms with E-state index in [9.17, 15) is 0 Å². The summed E-state index contributed by atoms with van der Waals surface area (Å²) in [7, 11) is 0. The molecule has 0 N–H and O–H groups in total. The first-order valence-corrected chi connectivity index (χ1v) is 19.2. The van der Waals surface area contributed by atoms with Crippen LogP contribution in [0.5, 0.6) is 0 Å². The second-order valence-electron chi connectivity index (χ2n) is 15.3. The van der Waals surface area contributed by atoms with Crippen molar-refractivity contribution in [3.63, 3.8) is 0 Å². The van der Waals surface area contributed by atoms with Crippen LogP contribution in [0, 0.1) is 0 Å². The van der Waals surface area contributed by atoms with Crippen LogP contribution in [-0.4, -0.2) is 0 Å². The summed E-state index contributed by atoms with van der Waals surface area (Å²) < 4.78 is 13.0. The molecule has 11 aromatic carbocycles. The molecule has 0 saturated carbocycles. The molecule has 2 nitrogen and oxygen atoms in total. The lowest BCUT2D eigenvalue weighted by Crippen LogP contribution is -1.90. The van der Waals surface area contributed by atoms with E-state index in [2.05, 4.69) is 182 Å². The molecule has 13 rings (SSSR count). The third-order valence-corrected chi connectivity index (χ3v) is 12.1. The van der Waals surface area contributed by atoms with Crippen LogP contribution in [0.1, 0.15) is 0 Å². The molecule has 0 bridgehead atoms. The van der Waals surface area contributed by atoms with Gasteiger partial charge < -0.3 is 8.83 Å². The molecule has 0 amide bonds. The third kappa shape index (κ3) is 4.27. The van der Waals surface area contributed by atoms with Gasteiger partial charge >= 0.3 is 0 Å². The Hall–Kier alpha value is -7.42. The molecule has 0 aliphatic heterocycles. The topological polar surface area (TPSA) is 26.3 Å². The molecule has 0 fully saturated rings. The van der Waals surface area contributed by atoms with Crippen LogP contribution in [0.25, 0.3) is 131 Å². The quantitative estimate of drug-likeness (QED) is 0.167. The van der Waals surface area contributed by atoms with Gasteiger partial charge in [-0.15, -0.1) is 0 Å². The predicted octanol–water partition coefficient (Wildman–Crippen LogP) is 15.7. The smallest absolute Gasteiger partial charge is 0.136 e. The van der Waals surface area contributed by atoms with Crippen molar-refractivity contribution in [2.24, 2.45) is 0 Å². The second kappa shape index (κ2) is 11.1. The number of fused-ring (bicyclic) bond motifs is 12. The fraction of sp³-hybridized carbons (Fsp3) is 0. The zero-order chi connectivity index (χ0) is 36.5. The highest BCUT2D eigenvalue weighted by Gasteiger charge is 2.19. The van der Waals surface area contributed by atoms with Crippen molar-refractivity contribution in [2.75, 3.05) is 0 Å². The maximum atomic E-state index is 6.51. The van der Waals surface area contributed by atoms with Crippen LogP contribution in [0.2, 0.25) is 0 Å². The minimum Gasteiger partial charge on any atom is -0.456 e. The summed E-state index contributed by atoms with van der Waals surface area (Å²) in [6, 6.07) is 66.4. The number of hydrogen-bond donors (Lipinski definition) is 0. The van der Waals surface area contributed by atoms with E-state index >= 15 is 0 Å². The zero-order valence-corrected chi connectivity index (χ0v) is 30.1. The Kier molecular flexibility index (Phi) is 5.92. The van der Waals surface area contributed by atoms with Crippen molar-refractivity contribution in [3.8, 4) is 22.3 Å². The van der Waals surface area contributed by atoms with E-state index in [4.69, 9.17) is 8.83 Å². The van der Waals surface area contributed by atoms with Gasteiger partial charge in [0.05, 0.1) is 0 Å². The maximum absolute atomic E-state index is 6.51. The van der Waals surface area contributed by atoms with Gasteiger partial charge in [-0.3, -0.25) is 0 Å². The Morgan fingerprint density at radius 1 is 0.214 bits per heavy atom. The van der Waals surface area contributed by atoms with E-state index in [1.54, 1.807) is 0 Å². The van der Waals surface area contributed by atoms with Crippen molar-refractivity contribution < 1.29 is 8.83 Å². The number of rotatable bonds is 2. The number of furan rings is 2. The van der Waals surface area contributed by atoms with Crippen molar-refractivity contribution in [1.82, 2.24) is 0 Å². The number of benzene rings is 11. The summed E-state index contributed by atoms with van der Waals surface area (Å²) in [5.41, 5.74) is 8.43. The van der Waals surface area contributed by atoms with Gasteiger partial charge in [-0.25, -0.2) is 0 Å². The summed E-state index contributed by atoms with van der Waals surface area (Å²) in [6.45, 7) is 0. The minimum atomic E-state index is 0.899. The lowest BCUT2D eigenvalue weighted by molar-refractivity contribution is 0.669. The van der Waals surface area contributed by atoms with Gasteiger partial charge in [0.2, 0.25) is 0 Å². The van der Waals surface area contributed by atoms with Gasteiger partial charge in [0, 0.05) is 21.5 Å². The van der Waals surface area contributed by atoms with Crippen molar-refractivity contribution in [2.45, 2.75) is 0 Å². The van der Waals surface area contributed by atoms with Crippen LogP contribution in [-0.2, 0) is 0 Å². The summed E-state index contributed by atoms with van der Waals surface area (Å²) >= 11 is 0. The Morgan fingerprint density at radius 3 is 0.911 bits per heavy atom. The molecule has 0 spiro atoms. The molecule has 2 heterocycles. The predicted molar refractivity (Wildman–Crippen MR) is 237 cm³/mol. The third-order valence-electron chi connectivity index (χ3n) is 12.1. The SMILES string of the molecule is c1ccc2cc3cc4c(cc3cc2c1)oc1ccc(-c2c3ccccc3c(-c3ccc5oc6cc7cc8ccccc8cc7cc6c5c3)c3ccccc23)cc14. The van der Waals surface area contributed by atoms with E-state index in [1.165, 1.54) is 86.9 Å². The Balaban J connectivity index is 1.03. The summed E-state index contributed by atoms with van der Waals surface area (Å²) in [6.07, 6.45) is 0. The fourth-order valence-electron chi connectivity index (χ4n) is 9.49. The monoisotopic (exact) mass is 710 g/mol. The van der Waals surface area contributed by atoms with Gasteiger partial charge in [0.15, 0.2) is 0 Å². The highest BCUT2D eigenvalue weighted by atomic mass is 16.3. The van der Waals surface area contributed by atoms with Gasteiger partial charge in [-0.05, 0) is 160 Å². The standard InChI is InChI=1S/C54H30O2/c1-3-11-33-23-39-29-51-47(27-37(39)21-31(33)9-1)45-25-35(17-19-49(45)55-51)53-41-13-5-7-15-43(41)54(44-16-8-6-14-42(44)53)36-18-20-50-46(26-36)48-28-38-22-32-10-2-4-12-34(32)24-40(38)30-52(48)56-50/h1-30H. The molecular formula is C54H30O2. The highest BCUT2D eigenvalue weighted by molar-refractivity contribution is 6.23. The average Bonchev–Trinajstić information content (AvgIpc) is 3.78. The largest absolute Gasteiger partial charge is 0.456 e. The molecule has 56 heavy (non-hydrogen) atoms. The van der Waals surface area contributed by atoms with Gasteiger partial charge in [-0.2, -0.15) is 0 Å². The summed E-state index contributed by atoms with van der Waals surface area (Å²) in [4.78, 5) is 0. The lowest BCUT2D eigenvalue weighted by atomic mass is 9.85. The number of hydrogen-bond acceptors (Lipinski definition) is 2. The lowest BCUT2D eigenvalue weighted by Gasteiger charge is -2.18. The maximum Gasteiger partial charge on any atom is 0.136 e. The molecule has 0 aliphatic rings. The van der Waals surface area contributed by atoms with Gasteiger partial charge in [0.1, 0.15) is 22.3 Å².